The average Bonchev–Trinajstić information content (AvgIpc) is 3.52. The number of carbonyl (C=O) groups is 1. The Kier molecular flexibility index (Phi) is 9.50. The average molecular weight is 499 g/mol. The van der Waals surface area contributed by atoms with Crippen LogP contribution in [0, 0.1) is 0 Å². The van der Waals surface area contributed by atoms with E-state index in [1.807, 2.05) is 6.07 Å². The van der Waals surface area contributed by atoms with Crippen LogP contribution < -0.4 is 10.6 Å². The molecule has 1 saturated heterocycles. The second-order valence-corrected chi connectivity index (χ2v) is 7.80. The van der Waals surface area contributed by atoms with Gasteiger partial charge in [0.1, 0.15) is 6.54 Å². The molecule has 3 rings (SSSR count). The third-order valence-electron chi connectivity index (χ3n) is 5.35. The molecule has 0 unspecified atom stereocenters. The van der Waals surface area contributed by atoms with Crippen molar-refractivity contribution >= 4 is 35.8 Å². The number of piperidine rings is 1. The largest absolute Gasteiger partial charge is 0.356 e. The van der Waals surface area contributed by atoms with Crippen LogP contribution in [0.5, 0.6) is 0 Å². The number of nitrogens with one attached hydrogen (secondary N) is 2. The number of halogens is 1. The number of likely N-dealkylation sites (tertiary alicyclic amines) is 1. The quantitative estimate of drug-likeness (QED) is 0.343. The van der Waals surface area contributed by atoms with Crippen molar-refractivity contribution in [2.75, 3.05) is 40.3 Å². The summed E-state index contributed by atoms with van der Waals surface area (Å²) in [6.07, 6.45) is 5.95. The van der Waals surface area contributed by atoms with Gasteiger partial charge in [0.2, 0.25) is 5.91 Å². The molecule has 28 heavy (non-hydrogen) atoms. The van der Waals surface area contributed by atoms with Crippen molar-refractivity contribution in [2.45, 2.75) is 44.2 Å². The Balaban J connectivity index is 0.00000280. The number of hydrogen-bond acceptors (Lipinski definition) is 3. The van der Waals surface area contributed by atoms with Crippen LogP contribution in [0.1, 0.15) is 31.2 Å². The molecule has 0 atom stereocenters. The third-order valence-corrected chi connectivity index (χ3v) is 5.35. The Morgan fingerprint density at radius 3 is 2.43 bits per heavy atom. The van der Waals surface area contributed by atoms with E-state index in [1.165, 1.54) is 18.4 Å². The summed E-state index contributed by atoms with van der Waals surface area (Å²) in [5.74, 6) is 0.772. The molecule has 2 aliphatic rings. The first-order valence-corrected chi connectivity index (χ1v) is 10.1. The molecule has 0 bridgehead atoms. The van der Waals surface area contributed by atoms with Crippen molar-refractivity contribution in [1.29, 1.82) is 0 Å². The summed E-state index contributed by atoms with van der Waals surface area (Å²) in [7, 11) is 3.53. The Bertz CT molecular complexity index is 625. The molecule has 6 nitrogen and oxygen atoms in total. The molecule has 1 heterocycles. The minimum Gasteiger partial charge on any atom is -0.356 e. The van der Waals surface area contributed by atoms with Gasteiger partial charge in [-0.1, -0.05) is 30.3 Å². The monoisotopic (exact) mass is 499 g/mol. The highest BCUT2D eigenvalue weighted by atomic mass is 127. The molecule has 1 aliphatic heterocycles. The van der Waals surface area contributed by atoms with Crippen molar-refractivity contribution in [2.24, 2.45) is 4.99 Å². The van der Waals surface area contributed by atoms with E-state index in [0.29, 0.717) is 6.04 Å². The Labute approximate surface area is 186 Å². The molecule has 1 aliphatic carbocycles. The van der Waals surface area contributed by atoms with Gasteiger partial charge in [0.25, 0.3) is 0 Å². The topological polar surface area (TPSA) is 60.0 Å². The molecule has 2 N–H and O–H groups in total. The first-order chi connectivity index (χ1) is 13.1. The number of likely N-dealkylation sites (N-methyl/N-ethyl adjacent to an activating group) is 1. The van der Waals surface area contributed by atoms with Crippen molar-refractivity contribution in [3.8, 4) is 0 Å². The number of guanidine groups is 1. The van der Waals surface area contributed by atoms with E-state index in [2.05, 4.69) is 44.8 Å². The molecule has 1 amide bonds. The zero-order chi connectivity index (χ0) is 19.1. The molecule has 1 aromatic rings. The fourth-order valence-corrected chi connectivity index (χ4v) is 3.45. The predicted molar refractivity (Wildman–Crippen MR) is 125 cm³/mol. The van der Waals surface area contributed by atoms with Gasteiger partial charge in [-0.05, 0) is 37.7 Å². The maximum Gasteiger partial charge on any atom is 0.243 e. The number of amides is 1. The van der Waals surface area contributed by atoms with Gasteiger partial charge in [0.15, 0.2) is 5.96 Å². The lowest BCUT2D eigenvalue weighted by molar-refractivity contribution is -0.127. The van der Waals surface area contributed by atoms with Gasteiger partial charge < -0.3 is 20.4 Å². The molecule has 0 aromatic heterocycles. The third kappa shape index (κ3) is 7.58. The Morgan fingerprint density at radius 2 is 1.82 bits per heavy atom. The van der Waals surface area contributed by atoms with Crippen LogP contribution in [0.15, 0.2) is 35.3 Å². The Hall–Kier alpha value is -1.35. The van der Waals surface area contributed by atoms with Crippen molar-refractivity contribution in [3.63, 3.8) is 0 Å². The van der Waals surface area contributed by atoms with Gasteiger partial charge in [0.05, 0.1) is 0 Å². The van der Waals surface area contributed by atoms with Crippen molar-refractivity contribution in [1.82, 2.24) is 20.4 Å². The van der Waals surface area contributed by atoms with E-state index in [9.17, 15) is 4.79 Å². The highest BCUT2D eigenvalue weighted by Gasteiger charge is 2.31. The lowest BCUT2D eigenvalue weighted by Crippen LogP contribution is -2.49. The smallest absolute Gasteiger partial charge is 0.243 e. The standard InChI is InChI=1S/C21H33N5O.HI/c1-25(2)20(27)16-23-21(22-13-10-17-6-4-3-5-7-17)24-18-11-14-26(15-12-18)19-8-9-19;/h3-7,18-19H,8-16H2,1-2H3,(H2,22,23,24);1H. The summed E-state index contributed by atoms with van der Waals surface area (Å²) in [5, 5.41) is 6.97. The molecule has 7 heteroatoms. The first kappa shape index (κ1) is 22.9. The van der Waals surface area contributed by atoms with Crippen LogP contribution in [0.3, 0.4) is 0 Å². The van der Waals surface area contributed by atoms with Crippen LogP contribution in [0.4, 0.5) is 0 Å². The normalized spacial score (nSPS) is 18.3. The summed E-state index contributed by atoms with van der Waals surface area (Å²) in [4.78, 5) is 20.6. The van der Waals surface area contributed by atoms with Gasteiger partial charge in [-0.2, -0.15) is 0 Å². The maximum absolute atomic E-state index is 11.9. The molecule has 156 valence electrons. The number of aliphatic imine (C=N–C) groups is 1. The van der Waals surface area contributed by atoms with Crippen LogP contribution in [-0.4, -0.2) is 74.0 Å². The van der Waals surface area contributed by atoms with Crippen LogP contribution in [0.2, 0.25) is 0 Å². The van der Waals surface area contributed by atoms with Crippen molar-refractivity contribution in [3.05, 3.63) is 35.9 Å². The second kappa shape index (κ2) is 11.6. The fourth-order valence-electron chi connectivity index (χ4n) is 3.45. The molecule has 1 aromatic carbocycles. The summed E-state index contributed by atoms with van der Waals surface area (Å²) in [5.41, 5.74) is 1.30. The molecular formula is C21H34IN5O. The highest BCUT2D eigenvalue weighted by Crippen LogP contribution is 2.29. The molecule has 0 spiro atoms. The second-order valence-electron chi connectivity index (χ2n) is 7.80. The summed E-state index contributed by atoms with van der Waals surface area (Å²) in [6, 6.07) is 11.7. The zero-order valence-corrected chi connectivity index (χ0v) is 19.4. The van der Waals surface area contributed by atoms with Gasteiger partial charge >= 0.3 is 0 Å². The highest BCUT2D eigenvalue weighted by molar-refractivity contribution is 14.0. The predicted octanol–water partition coefficient (Wildman–Crippen LogP) is 2.10. The van der Waals surface area contributed by atoms with Crippen LogP contribution >= 0.6 is 24.0 Å². The van der Waals surface area contributed by atoms with Crippen molar-refractivity contribution < 1.29 is 4.79 Å². The van der Waals surface area contributed by atoms with Gasteiger partial charge in [-0.3, -0.25) is 4.79 Å². The Morgan fingerprint density at radius 1 is 1.14 bits per heavy atom. The fraction of sp³-hybridized carbons (Fsp3) is 0.619. The van der Waals surface area contributed by atoms with E-state index >= 15 is 0 Å². The van der Waals surface area contributed by atoms with E-state index in [-0.39, 0.29) is 36.4 Å². The summed E-state index contributed by atoms with van der Waals surface area (Å²) in [6.45, 7) is 3.30. The lowest BCUT2D eigenvalue weighted by atomic mass is 10.1. The van der Waals surface area contributed by atoms with Crippen LogP contribution in [-0.2, 0) is 11.2 Å². The zero-order valence-electron chi connectivity index (χ0n) is 17.1. The molecule has 1 saturated carbocycles. The summed E-state index contributed by atoms with van der Waals surface area (Å²) < 4.78 is 0. The molecular weight excluding hydrogens is 465 g/mol. The number of benzene rings is 1. The molecule has 2 fully saturated rings. The maximum atomic E-state index is 11.9. The minimum atomic E-state index is 0. The van der Waals surface area contributed by atoms with Gasteiger partial charge in [0, 0.05) is 45.8 Å². The van der Waals surface area contributed by atoms with E-state index < -0.39 is 0 Å². The van der Waals surface area contributed by atoms with E-state index in [1.54, 1.807) is 19.0 Å². The number of hydrogen-bond donors (Lipinski definition) is 2. The van der Waals surface area contributed by atoms with E-state index in [0.717, 1.165) is 50.9 Å². The SMILES string of the molecule is CN(C)C(=O)CN=C(NCCc1ccccc1)NC1CCN(C2CC2)CC1.I. The number of nitrogens with zero attached hydrogens (tertiary/aromatic N) is 3. The first-order valence-electron chi connectivity index (χ1n) is 10.1. The lowest BCUT2D eigenvalue weighted by Gasteiger charge is -2.33. The molecule has 0 radical (unpaired) electrons. The number of rotatable bonds is 7. The van der Waals surface area contributed by atoms with Crippen LogP contribution in [0.25, 0.3) is 0 Å². The number of carbonyl (C=O) groups excluding carboxylic acids is 1. The summed E-state index contributed by atoms with van der Waals surface area (Å²) >= 11 is 0. The van der Waals surface area contributed by atoms with Gasteiger partial charge in [-0.25, -0.2) is 4.99 Å². The van der Waals surface area contributed by atoms with E-state index in [4.69, 9.17) is 0 Å². The minimum absolute atomic E-state index is 0. The van der Waals surface area contributed by atoms with Gasteiger partial charge in [-0.15, -0.1) is 24.0 Å².